The van der Waals surface area contributed by atoms with Crippen LogP contribution in [0.4, 0.5) is 11.4 Å². The summed E-state index contributed by atoms with van der Waals surface area (Å²) < 4.78 is 0. The minimum Gasteiger partial charge on any atom is -0.323 e. The molecule has 0 aliphatic carbocycles. The third-order valence-corrected chi connectivity index (χ3v) is 4.60. The maximum Gasteiger partial charge on any atom is 0.225 e. The molecule has 0 saturated carbocycles. The zero-order valence-corrected chi connectivity index (χ0v) is 15.5. The quantitative estimate of drug-likeness (QED) is 0.520. The first-order valence-corrected chi connectivity index (χ1v) is 9.36. The maximum absolute atomic E-state index is 11.8. The number of aromatic nitrogens is 2. The number of amides is 2. The van der Waals surface area contributed by atoms with E-state index in [1.807, 2.05) is 0 Å². The molecule has 132 valence electrons. The first kappa shape index (κ1) is 19.5. The highest BCUT2D eigenvalue weighted by Crippen LogP contribution is 2.19. The molecule has 0 radical (unpaired) electrons. The van der Waals surface area contributed by atoms with E-state index in [1.54, 1.807) is 36.7 Å². The first-order valence-electron chi connectivity index (χ1n) is 7.44. The molecule has 2 heterocycles. The lowest BCUT2D eigenvalue weighted by Crippen LogP contribution is -2.14. The molecule has 6 nitrogen and oxygen atoms in total. The highest BCUT2D eigenvalue weighted by molar-refractivity contribution is 7.99. The van der Waals surface area contributed by atoms with Crippen LogP contribution in [0.5, 0.6) is 0 Å². The third kappa shape index (κ3) is 6.89. The number of nitrogens with zero attached hydrogens (tertiary/aromatic N) is 2. The van der Waals surface area contributed by atoms with Gasteiger partial charge in [0.25, 0.3) is 0 Å². The molecule has 2 rings (SSSR count). The van der Waals surface area contributed by atoms with Crippen molar-refractivity contribution in [3.05, 3.63) is 47.0 Å². The van der Waals surface area contributed by atoms with Crippen LogP contribution in [-0.2, 0) is 9.59 Å². The van der Waals surface area contributed by atoms with Gasteiger partial charge in [0.1, 0.15) is 0 Å². The number of carbonyl (C=O) groups is 2. The molecule has 0 aliphatic rings. The predicted molar refractivity (Wildman–Crippen MR) is 102 cm³/mol. The van der Waals surface area contributed by atoms with E-state index in [9.17, 15) is 9.59 Å². The van der Waals surface area contributed by atoms with Crippen LogP contribution < -0.4 is 10.6 Å². The molecule has 0 atom stereocenters. The van der Waals surface area contributed by atoms with Gasteiger partial charge in [-0.2, -0.15) is 11.8 Å². The summed E-state index contributed by atoms with van der Waals surface area (Å²) in [4.78, 5) is 31.4. The number of carbonyl (C=O) groups excluding carboxylic acids is 2. The van der Waals surface area contributed by atoms with Gasteiger partial charge in [0.05, 0.1) is 11.4 Å². The highest BCUT2D eigenvalue weighted by atomic mass is 35.5. The predicted octanol–water partition coefficient (Wildman–Crippen LogP) is 3.87. The van der Waals surface area contributed by atoms with Gasteiger partial charge in [-0.25, -0.2) is 9.97 Å². The molecular formula is C16H16Cl2N4O2S. The average Bonchev–Trinajstić information content (AvgIpc) is 2.59. The van der Waals surface area contributed by atoms with Crippen LogP contribution in [0.25, 0.3) is 0 Å². The van der Waals surface area contributed by atoms with Crippen LogP contribution in [0.3, 0.4) is 0 Å². The van der Waals surface area contributed by atoms with Crippen molar-refractivity contribution in [1.82, 2.24) is 9.97 Å². The van der Waals surface area contributed by atoms with E-state index in [-0.39, 0.29) is 22.1 Å². The summed E-state index contributed by atoms with van der Waals surface area (Å²) in [5, 5.41) is 5.92. The molecule has 0 bridgehead atoms. The van der Waals surface area contributed by atoms with Crippen LogP contribution in [-0.4, -0.2) is 33.3 Å². The van der Waals surface area contributed by atoms with Crippen molar-refractivity contribution >= 4 is 58.2 Å². The Morgan fingerprint density at radius 2 is 1.32 bits per heavy atom. The van der Waals surface area contributed by atoms with Crippen molar-refractivity contribution in [2.24, 2.45) is 0 Å². The van der Waals surface area contributed by atoms with Gasteiger partial charge in [-0.1, -0.05) is 23.2 Å². The van der Waals surface area contributed by atoms with Gasteiger partial charge < -0.3 is 10.6 Å². The summed E-state index contributed by atoms with van der Waals surface area (Å²) in [5.74, 6) is 0.915. The summed E-state index contributed by atoms with van der Waals surface area (Å²) in [6.07, 6.45) is 3.76. The van der Waals surface area contributed by atoms with Gasteiger partial charge in [-0.15, -0.1) is 0 Å². The molecule has 2 aromatic heterocycles. The zero-order valence-electron chi connectivity index (χ0n) is 13.2. The molecule has 0 aromatic carbocycles. The monoisotopic (exact) mass is 398 g/mol. The van der Waals surface area contributed by atoms with E-state index in [4.69, 9.17) is 23.2 Å². The van der Waals surface area contributed by atoms with Crippen molar-refractivity contribution < 1.29 is 9.59 Å². The highest BCUT2D eigenvalue weighted by Gasteiger charge is 2.08. The molecule has 9 heteroatoms. The van der Waals surface area contributed by atoms with E-state index >= 15 is 0 Å². The van der Waals surface area contributed by atoms with Crippen LogP contribution in [0, 0.1) is 0 Å². The fourth-order valence-electron chi connectivity index (χ4n) is 1.82. The molecule has 0 aliphatic heterocycles. The Labute approximate surface area is 159 Å². The molecule has 2 N–H and O–H groups in total. The number of rotatable bonds is 8. The number of thioether (sulfide) groups is 1. The number of nitrogens with one attached hydrogen (secondary N) is 2. The normalized spacial score (nSPS) is 10.3. The van der Waals surface area contributed by atoms with Gasteiger partial charge in [-0.3, -0.25) is 9.59 Å². The smallest absolute Gasteiger partial charge is 0.225 e. The summed E-state index contributed by atoms with van der Waals surface area (Å²) in [6, 6.07) is 6.77. The largest absolute Gasteiger partial charge is 0.323 e. The van der Waals surface area contributed by atoms with Crippen molar-refractivity contribution in [3.8, 4) is 0 Å². The van der Waals surface area contributed by atoms with Crippen LogP contribution >= 0.6 is 35.0 Å². The van der Waals surface area contributed by atoms with Gasteiger partial charge in [0.15, 0.2) is 10.3 Å². The topological polar surface area (TPSA) is 84.0 Å². The Morgan fingerprint density at radius 3 is 1.72 bits per heavy atom. The zero-order chi connectivity index (χ0) is 18.1. The van der Waals surface area contributed by atoms with Gasteiger partial charge >= 0.3 is 0 Å². The summed E-state index contributed by atoms with van der Waals surface area (Å²) in [6.45, 7) is 0. The minimum atomic E-state index is -0.144. The summed E-state index contributed by atoms with van der Waals surface area (Å²) in [5.41, 5.74) is 0.985. The van der Waals surface area contributed by atoms with Crippen molar-refractivity contribution in [1.29, 1.82) is 0 Å². The molecule has 2 amide bonds. The number of hydrogen-bond acceptors (Lipinski definition) is 5. The van der Waals surface area contributed by atoms with Gasteiger partial charge in [-0.05, 0) is 24.3 Å². The van der Waals surface area contributed by atoms with Crippen molar-refractivity contribution in [3.63, 3.8) is 0 Å². The fraction of sp³-hybridized carbons (Fsp3) is 0.250. The van der Waals surface area contributed by atoms with E-state index in [0.29, 0.717) is 35.7 Å². The van der Waals surface area contributed by atoms with Gasteiger partial charge in [0.2, 0.25) is 11.8 Å². The van der Waals surface area contributed by atoms with E-state index in [1.165, 1.54) is 11.8 Å². The molecule has 0 fully saturated rings. The molecule has 0 spiro atoms. The Balaban J connectivity index is 1.61. The SMILES string of the molecule is O=C(CCSCCC(=O)Nc1cccnc1Cl)Nc1cccnc1Cl. The Hall–Kier alpha value is -1.83. The Kier molecular flexibility index (Phi) is 7.97. The minimum absolute atomic E-state index is 0.144. The Morgan fingerprint density at radius 1 is 0.880 bits per heavy atom. The summed E-state index contributed by atoms with van der Waals surface area (Å²) in [7, 11) is 0. The Bertz CT molecular complexity index is 684. The summed E-state index contributed by atoms with van der Waals surface area (Å²) >= 11 is 13.3. The molecule has 0 unspecified atom stereocenters. The maximum atomic E-state index is 11.8. The van der Waals surface area contributed by atoms with E-state index in [0.717, 1.165) is 0 Å². The lowest BCUT2D eigenvalue weighted by atomic mass is 10.4. The van der Waals surface area contributed by atoms with Crippen LogP contribution in [0.1, 0.15) is 12.8 Å². The van der Waals surface area contributed by atoms with Crippen LogP contribution in [0.2, 0.25) is 10.3 Å². The van der Waals surface area contributed by atoms with Crippen LogP contribution in [0.15, 0.2) is 36.7 Å². The second-order valence-corrected chi connectivity index (χ2v) is 6.83. The number of pyridine rings is 2. The third-order valence-electron chi connectivity index (χ3n) is 3.01. The number of halogens is 2. The number of hydrogen-bond donors (Lipinski definition) is 2. The molecule has 25 heavy (non-hydrogen) atoms. The second kappa shape index (κ2) is 10.2. The molecule has 0 saturated heterocycles. The van der Waals surface area contributed by atoms with Gasteiger partial charge in [0, 0.05) is 36.7 Å². The lowest BCUT2D eigenvalue weighted by molar-refractivity contribution is -0.116. The van der Waals surface area contributed by atoms with Crippen molar-refractivity contribution in [2.45, 2.75) is 12.8 Å². The molecule has 2 aromatic rings. The second-order valence-electron chi connectivity index (χ2n) is 4.89. The van der Waals surface area contributed by atoms with Crippen molar-refractivity contribution in [2.75, 3.05) is 22.1 Å². The lowest BCUT2D eigenvalue weighted by Gasteiger charge is -2.07. The van der Waals surface area contributed by atoms with E-state index in [2.05, 4.69) is 20.6 Å². The first-order chi connectivity index (χ1) is 12.1. The molecular weight excluding hydrogens is 383 g/mol. The standard InChI is InChI=1S/C16H16Cl2N4O2S/c17-15-11(3-1-7-19-15)21-13(23)5-9-25-10-6-14(24)22-12-4-2-8-20-16(12)18/h1-4,7-8H,5-6,9-10H2,(H,21,23)(H,22,24). The average molecular weight is 399 g/mol. The number of anilines is 2. The van der Waals surface area contributed by atoms with E-state index < -0.39 is 0 Å². The fourth-order valence-corrected chi connectivity index (χ4v) is 3.01.